The van der Waals surface area contributed by atoms with E-state index in [1.54, 1.807) is 19.1 Å². The molecule has 0 saturated carbocycles. The third kappa shape index (κ3) is 2.86. The molecule has 20 heavy (non-hydrogen) atoms. The van der Waals surface area contributed by atoms with Crippen LogP contribution in [0.15, 0.2) is 23.4 Å². The molecule has 0 aliphatic rings. The van der Waals surface area contributed by atoms with E-state index in [-0.39, 0.29) is 11.7 Å². The lowest BCUT2D eigenvalue weighted by Crippen LogP contribution is -2.19. The van der Waals surface area contributed by atoms with E-state index in [2.05, 4.69) is 20.1 Å². The van der Waals surface area contributed by atoms with Crippen LogP contribution in [-0.4, -0.2) is 26.5 Å². The van der Waals surface area contributed by atoms with Crippen LogP contribution in [-0.2, 0) is 0 Å². The minimum atomic E-state index is -0.383. The van der Waals surface area contributed by atoms with Gasteiger partial charge in [0.25, 0.3) is 5.91 Å². The number of benzene rings is 1. The van der Waals surface area contributed by atoms with E-state index < -0.39 is 0 Å². The summed E-state index contributed by atoms with van der Waals surface area (Å²) in [6.07, 6.45) is 0. The van der Waals surface area contributed by atoms with Crippen molar-refractivity contribution in [2.75, 3.05) is 5.32 Å². The van der Waals surface area contributed by atoms with Crippen molar-refractivity contribution in [2.45, 2.75) is 6.92 Å². The summed E-state index contributed by atoms with van der Waals surface area (Å²) in [7, 11) is 0. The minimum absolute atomic E-state index is 0.129. The molecular formula is C11H10ClN5O2S. The van der Waals surface area contributed by atoms with E-state index in [9.17, 15) is 4.79 Å². The molecule has 2 aromatic rings. The number of oxime groups is 1. The Hall–Kier alpha value is -2.19. The van der Waals surface area contributed by atoms with Gasteiger partial charge < -0.3 is 16.3 Å². The summed E-state index contributed by atoms with van der Waals surface area (Å²) in [6.45, 7) is 1.68. The second kappa shape index (κ2) is 5.85. The van der Waals surface area contributed by atoms with Gasteiger partial charge in [0.15, 0.2) is 5.84 Å². The molecule has 0 aliphatic carbocycles. The van der Waals surface area contributed by atoms with Crippen molar-refractivity contribution < 1.29 is 10.0 Å². The number of nitrogens with one attached hydrogen (secondary N) is 1. The van der Waals surface area contributed by atoms with E-state index in [1.807, 2.05) is 0 Å². The van der Waals surface area contributed by atoms with Crippen molar-refractivity contribution in [1.29, 1.82) is 0 Å². The number of carbonyl (C=O) groups is 1. The van der Waals surface area contributed by atoms with Crippen molar-refractivity contribution in [3.63, 3.8) is 0 Å². The summed E-state index contributed by atoms with van der Waals surface area (Å²) in [5, 5.41) is 18.5. The van der Waals surface area contributed by atoms with Gasteiger partial charge in [0, 0.05) is 10.6 Å². The van der Waals surface area contributed by atoms with Crippen LogP contribution in [0.4, 0.5) is 5.69 Å². The molecule has 1 heterocycles. The SMILES string of the molecule is Cc1nnsc1C(=O)Nc1cc(Cl)ccc1C(N)=NO. The average molecular weight is 312 g/mol. The lowest BCUT2D eigenvalue weighted by molar-refractivity contribution is 0.103. The summed E-state index contributed by atoms with van der Waals surface area (Å²) < 4.78 is 3.69. The number of aryl methyl sites for hydroxylation is 1. The van der Waals surface area contributed by atoms with E-state index in [1.165, 1.54) is 6.07 Å². The van der Waals surface area contributed by atoms with Crippen LogP contribution >= 0.6 is 23.1 Å². The summed E-state index contributed by atoms with van der Waals surface area (Å²) in [5.41, 5.74) is 6.78. The molecule has 0 radical (unpaired) electrons. The van der Waals surface area contributed by atoms with Gasteiger partial charge >= 0.3 is 0 Å². The molecule has 0 bridgehead atoms. The Balaban J connectivity index is 2.36. The summed E-state index contributed by atoms with van der Waals surface area (Å²) >= 11 is 6.87. The third-order valence-corrected chi connectivity index (χ3v) is 3.53. The molecule has 1 amide bonds. The maximum Gasteiger partial charge on any atom is 0.269 e. The zero-order chi connectivity index (χ0) is 14.7. The first kappa shape index (κ1) is 14.2. The number of amidine groups is 1. The van der Waals surface area contributed by atoms with Crippen LogP contribution in [0.1, 0.15) is 20.9 Å². The van der Waals surface area contributed by atoms with Gasteiger partial charge in [-0.2, -0.15) is 0 Å². The monoisotopic (exact) mass is 311 g/mol. The fourth-order valence-electron chi connectivity index (χ4n) is 1.52. The number of aromatic nitrogens is 2. The van der Waals surface area contributed by atoms with Gasteiger partial charge in [-0.05, 0) is 36.7 Å². The zero-order valence-corrected chi connectivity index (χ0v) is 11.9. The van der Waals surface area contributed by atoms with Crippen molar-refractivity contribution in [3.05, 3.63) is 39.4 Å². The number of anilines is 1. The van der Waals surface area contributed by atoms with Crippen molar-refractivity contribution in [3.8, 4) is 0 Å². The van der Waals surface area contributed by atoms with E-state index in [0.717, 1.165) is 11.5 Å². The molecule has 0 fully saturated rings. The average Bonchev–Trinajstić information content (AvgIpc) is 2.84. The number of nitrogens with two attached hydrogens (primary N) is 1. The van der Waals surface area contributed by atoms with E-state index in [0.29, 0.717) is 26.8 Å². The molecule has 0 aliphatic heterocycles. The number of hydrogen-bond acceptors (Lipinski definition) is 6. The quantitative estimate of drug-likeness (QED) is 0.346. The number of halogens is 1. The van der Waals surface area contributed by atoms with Gasteiger partial charge in [0.05, 0.1) is 11.4 Å². The molecular weight excluding hydrogens is 302 g/mol. The maximum absolute atomic E-state index is 12.1. The summed E-state index contributed by atoms with van der Waals surface area (Å²) in [5.74, 6) is -0.511. The van der Waals surface area contributed by atoms with E-state index >= 15 is 0 Å². The van der Waals surface area contributed by atoms with Crippen LogP contribution in [0.25, 0.3) is 0 Å². The number of nitrogens with zero attached hydrogens (tertiary/aromatic N) is 3. The topological polar surface area (TPSA) is 113 Å². The molecule has 1 aromatic carbocycles. The molecule has 9 heteroatoms. The van der Waals surface area contributed by atoms with Crippen LogP contribution in [0.2, 0.25) is 5.02 Å². The minimum Gasteiger partial charge on any atom is -0.409 e. The highest BCUT2D eigenvalue weighted by Crippen LogP contribution is 2.22. The lowest BCUT2D eigenvalue weighted by atomic mass is 10.1. The molecule has 4 N–H and O–H groups in total. The predicted molar refractivity (Wildman–Crippen MR) is 76.6 cm³/mol. The molecule has 0 spiro atoms. The van der Waals surface area contributed by atoms with E-state index in [4.69, 9.17) is 22.5 Å². The molecule has 1 aromatic heterocycles. The Morgan fingerprint density at radius 3 is 2.90 bits per heavy atom. The molecule has 2 rings (SSSR count). The number of hydrogen-bond donors (Lipinski definition) is 3. The Morgan fingerprint density at radius 1 is 1.55 bits per heavy atom. The predicted octanol–water partition coefficient (Wildman–Crippen LogP) is 1.85. The Bertz CT molecular complexity index is 685. The fourth-order valence-corrected chi connectivity index (χ4v) is 2.24. The number of rotatable bonds is 3. The molecule has 0 atom stereocenters. The first-order valence-electron chi connectivity index (χ1n) is 5.40. The maximum atomic E-state index is 12.1. The first-order valence-corrected chi connectivity index (χ1v) is 6.56. The Labute approximate surface area is 123 Å². The van der Waals surface area contributed by atoms with Crippen LogP contribution in [0.3, 0.4) is 0 Å². The van der Waals surface area contributed by atoms with Crippen molar-refractivity contribution in [2.24, 2.45) is 10.9 Å². The largest absolute Gasteiger partial charge is 0.409 e. The second-order valence-electron chi connectivity index (χ2n) is 3.82. The smallest absolute Gasteiger partial charge is 0.269 e. The van der Waals surface area contributed by atoms with Gasteiger partial charge in [-0.25, -0.2) is 0 Å². The molecule has 7 nitrogen and oxygen atoms in total. The summed E-state index contributed by atoms with van der Waals surface area (Å²) in [4.78, 5) is 12.5. The lowest BCUT2D eigenvalue weighted by Gasteiger charge is -2.10. The van der Waals surface area contributed by atoms with Crippen molar-refractivity contribution >= 4 is 40.6 Å². The van der Waals surface area contributed by atoms with Gasteiger partial charge in [-0.15, -0.1) is 5.10 Å². The normalized spacial score (nSPS) is 11.4. The number of amides is 1. The summed E-state index contributed by atoms with van der Waals surface area (Å²) in [6, 6.07) is 4.63. The van der Waals surface area contributed by atoms with Crippen molar-refractivity contribution in [1.82, 2.24) is 9.59 Å². The van der Waals surface area contributed by atoms with Gasteiger partial charge in [-0.1, -0.05) is 21.2 Å². The second-order valence-corrected chi connectivity index (χ2v) is 5.01. The Morgan fingerprint density at radius 2 is 2.30 bits per heavy atom. The van der Waals surface area contributed by atoms with Gasteiger partial charge in [0.1, 0.15) is 4.88 Å². The van der Waals surface area contributed by atoms with Crippen LogP contribution < -0.4 is 11.1 Å². The highest BCUT2D eigenvalue weighted by molar-refractivity contribution is 7.08. The molecule has 0 saturated heterocycles. The first-order chi connectivity index (χ1) is 9.52. The standard InChI is InChI=1S/C11H10ClN5O2S/c1-5-9(20-17-15-5)11(18)14-8-4-6(12)2-3-7(8)10(13)16-19/h2-4,19H,1H3,(H2,13,16)(H,14,18). The molecule has 104 valence electrons. The Kier molecular flexibility index (Phi) is 4.16. The third-order valence-electron chi connectivity index (χ3n) is 2.47. The highest BCUT2D eigenvalue weighted by atomic mass is 35.5. The van der Waals surface area contributed by atoms with Crippen LogP contribution in [0, 0.1) is 6.92 Å². The van der Waals surface area contributed by atoms with Gasteiger partial charge in [-0.3, -0.25) is 4.79 Å². The zero-order valence-electron chi connectivity index (χ0n) is 10.3. The van der Waals surface area contributed by atoms with Gasteiger partial charge in [0.2, 0.25) is 0 Å². The fraction of sp³-hybridized carbons (Fsp3) is 0.0909. The molecule has 0 unspecified atom stereocenters. The highest BCUT2D eigenvalue weighted by Gasteiger charge is 2.16. The van der Waals surface area contributed by atoms with Crippen LogP contribution in [0.5, 0.6) is 0 Å². The number of carbonyl (C=O) groups excluding carboxylic acids is 1.